The van der Waals surface area contributed by atoms with Gasteiger partial charge in [0.1, 0.15) is 17.1 Å². The number of carbonyl (C=O) groups excluding carboxylic acids is 1. The highest BCUT2D eigenvalue weighted by Gasteiger charge is 2.25. The van der Waals surface area contributed by atoms with Crippen molar-refractivity contribution in [2.45, 2.75) is 6.92 Å². The lowest BCUT2D eigenvalue weighted by Crippen LogP contribution is -2.15. The third-order valence-corrected chi connectivity index (χ3v) is 3.68. The summed E-state index contributed by atoms with van der Waals surface area (Å²) in [5.74, 6) is 0.566. The van der Waals surface area contributed by atoms with Gasteiger partial charge in [-0.15, -0.1) is 0 Å². The van der Waals surface area contributed by atoms with Gasteiger partial charge >= 0.3 is 0 Å². The highest BCUT2D eigenvalue weighted by Crippen LogP contribution is 2.36. The molecule has 0 saturated heterocycles. The number of nitrogens with zero attached hydrogens (tertiary/aromatic N) is 1. The summed E-state index contributed by atoms with van der Waals surface area (Å²) in [7, 11) is 4.31. The number of anilines is 1. The average molecular weight is 376 g/mol. The van der Waals surface area contributed by atoms with Gasteiger partial charge in [-0.3, -0.25) is 14.9 Å². The van der Waals surface area contributed by atoms with E-state index in [0.29, 0.717) is 23.8 Å². The molecule has 2 aromatic carbocycles. The quantitative estimate of drug-likeness (QED) is 0.556. The molecule has 0 bridgehead atoms. The second-order valence-electron chi connectivity index (χ2n) is 5.23. The van der Waals surface area contributed by atoms with Gasteiger partial charge in [0.2, 0.25) is 0 Å². The number of nitro benzene ring substituents is 1. The number of nitrogens with one attached hydrogen (secondary N) is 1. The molecule has 0 aliphatic rings. The van der Waals surface area contributed by atoms with Crippen LogP contribution in [-0.2, 0) is 0 Å². The van der Waals surface area contributed by atoms with Crippen LogP contribution in [0, 0.1) is 10.1 Å². The number of ether oxygens (including phenoxy) is 4. The first-order valence-electron chi connectivity index (χ1n) is 7.97. The Morgan fingerprint density at radius 1 is 1.04 bits per heavy atom. The normalized spacial score (nSPS) is 10.1. The number of rotatable bonds is 8. The molecule has 9 heteroatoms. The molecule has 0 radical (unpaired) electrons. The molecule has 0 aliphatic heterocycles. The van der Waals surface area contributed by atoms with Gasteiger partial charge in [0, 0.05) is 12.1 Å². The topological polar surface area (TPSA) is 109 Å². The van der Waals surface area contributed by atoms with Crippen molar-refractivity contribution in [2.24, 2.45) is 0 Å². The summed E-state index contributed by atoms with van der Waals surface area (Å²) in [6.07, 6.45) is 0. The first-order chi connectivity index (χ1) is 12.9. The Balaban J connectivity index is 2.48. The number of amides is 1. The van der Waals surface area contributed by atoms with Crippen molar-refractivity contribution >= 4 is 17.3 Å². The molecule has 27 heavy (non-hydrogen) atoms. The van der Waals surface area contributed by atoms with E-state index in [0.717, 1.165) is 0 Å². The molecule has 0 spiro atoms. The molecule has 2 aromatic rings. The van der Waals surface area contributed by atoms with Crippen LogP contribution in [0.15, 0.2) is 30.3 Å². The predicted molar refractivity (Wildman–Crippen MR) is 98.3 cm³/mol. The molecular weight excluding hydrogens is 356 g/mol. The summed E-state index contributed by atoms with van der Waals surface area (Å²) in [5, 5.41) is 14.0. The van der Waals surface area contributed by atoms with Crippen molar-refractivity contribution in [3.63, 3.8) is 0 Å². The molecule has 1 amide bonds. The smallest absolute Gasteiger partial charge is 0.286 e. The average Bonchev–Trinajstić information content (AvgIpc) is 2.67. The zero-order valence-corrected chi connectivity index (χ0v) is 15.4. The van der Waals surface area contributed by atoms with E-state index in [4.69, 9.17) is 18.9 Å². The molecule has 1 N–H and O–H groups in total. The molecule has 0 fully saturated rings. The van der Waals surface area contributed by atoms with Gasteiger partial charge in [-0.1, -0.05) is 0 Å². The van der Waals surface area contributed by atoms with Crippen molar-refractivity contribution < 1.29 is 28.7 Å². The Hall–Kier alpha value is -3.49. The fraction of sp³-hybridized carbons (Fsp3) is 0.278. The summed E-state index contributed by atoms with van der Waals surface area (Å²) >= 11 is 0. The number of hydrogen-bond donors (Lipinski definition) is 1. The molecule has 0 unspecified atom stereocenters. The third-order valence-electron chi connectivity index (χ3n) is 3.68. The van der Waals surface area contributed by atoms with E-state index in [-0.39, 0.29) is 17.1 Å². The van der Waals surface area contributed by atoms with E-state index in [9.17, 15) is 14.9 Å². The largest absolute Gasteiger partial charge is 0.497 e. The van der Waals surface area contributed by atoms with Gasteiger partial charge in [0.25, 0.3) is 11.6 Å². The zero-order chi connectivity index (χ0) is 20.0. The number of hydrogen-bond acceptors (Lipinski definition) is 7. The van der Waals surface area contributed by atoms with Crippen LogP contribution in [0.2, 0.25) is 0 Å². The molecule has 144 valence electrons. The first kappa shape index (κ1) is 19.8. The van der Waals surface area contributed by atoms with Gasteiger partial charge in [0.05, 0.1) is 44.6 Å². The monoisotopic (exact) mass is 376 g/mol. The van der Waals surface area contributed by atoms with E-state index in [2.05, 4.69) is 5.32 Å². The second-order valence-corrected chi connectivity index (χ2v) is 5.23. The Morgan fingerprint density at radius 2 is 1.74 bits per heavy atom. The van der Waals surface area contributed by atoms with E-state index in [1.165, 1.54) is 33.5 Å². The minimum absolute atomic E-state index is 0.176. The second kappa shape index (κ2) is 8.75. The summed E-state index contributed by atoms with van der Waals surface area (Å²) in [5.41, 5.74) is -0.271. The minimum atomic E-state index is -0.699. The lowest BCUT2D eigenvalue weighted by atomic mass is 10.1. The molecule has 0 aliphatic carbocycles. The van der Waals surface area contributed by atoms with Gasteiger partial charge in [-0.25, -0.2) is 0 Å². The molecule has 0 atom stereocenters. The predicted octanol–water partition coefficient (Wildman–Crippen LogP) is 3.27. The minimum Gasteiger partial charge on any atom is -0.497 e. The number of nitro groups is 1. The van der Waals surface area contributed by atoms with Gasteiger partial charge in [-0.2, -0.15) is 0 Å². The van der Waals surface area contributed by atoms with Gasteiger partial charge in [0.15, 0.2) is 11.5 Å². The number of methoxy groups -OCH3 is 3. The van der Waals surface area contributed by atoms with Crippen LogP contribution in [0.5, 0.6) is 23.0 Å². The van der Waals surface area contributed by atoms with Crippen molar-refractivity contribution in [2.75, 3.05) is 33.3 Å². The summed E-state index contributed by atoms with van der Waals surface area (Å²) in [6.45, 7) is 2.03. The van der Waals surface area contributed by atoms with Crippen molar-refractivity contribution in [3.8, 4) is 23.0 Å². The molecule has 0 heterocycles. The SMILES string of the molecule is CCOc1cc([N+](=O)[O-])c(C(=O)Nc2cc(OC)ccc2OC)cc1OC. The highest BCUT2D eigenvalue weighted by atomic mass is 16.6. The van der Waals surface area contributed by atoms with Gasteiger partial charge in [-0.05, 0) is 19.1 Å². The maximum atomic E-state index is 12.7. The van der Waals surface area contributed by atoms with Crippen LogP contribution in [0.1, 0.15) is 17.3 Å². The van der Waals surface area contributed by atoms with E-state index in [1.54, 1.807) is 25.1 Å². The van der Waals surface area contributed by atoms with Gasteiger partial charge < -0.3 is 24.3 Å². The van der Waals surface area contributed by atoms with Crippen LogP contribution < -0.4 is 24.3 Å². The molecule has 9 nitrogen and oxygen atoms in total. The maximum Gasteiger partial charge on any atom is 0.286 e. The van der Waals surface area contributed by atoms with Crippen LogP contribution in [-0.4, -0.2) is 38.8 Å². The molecule has 2 rings (SSSR count). The number of benzene rings is 2. The summed E-state index contributed by atoms with van der Waals surface area (Å²) < 4.78 is 20.9. The molecule has 0 aromatic heterocycles. The third kappa shape index (κ3) is 4.38. The highest BCUT2D eigenvalue weighted by molar-refractivity contribution is 6.08. The maximum absolute atomic E-state index is 12.7. The van der Waals surface area contributed by atoms with Crippen LogP contribution >= 0.6 is 0 Å². The van der Waals surface area contributed by atoms with Crippen molar-refractivity contribution in [3.05, 3.63) is 46.0 Å². The first-order valence-corrected chi connectivity index (χ1v) is 7.97. The molecule has 0 saturated carbocycles. The lowest BCUT2D eigenvalue weighted by molar-refractivity contribution is -0.385. The van der Waals surface area contributed by atoms with E-state index >= 15 is 0 Å². The lowest BCUT2D eigenvalue weighted by Gasteiger charge is -2.14. The summed E-state index contributed by atoms with van der Waals surface area (Å²) in [4.78, 5) is 23.5. The zero-order valence-electron chi connectivity index (χ0n) is 15.4. The van der Waals surface area contributed by atoms with Crippen molar-refractivity contribution in [1.29, 1.82) is 0 Å². The Bertz CT molecular complexity index is 852. The fourth-order valence-corrected chi connectivity index (χ4v) is 2.41. The van der Waals surface area contributed by atoms with E-state index in [1.807, 2.05) is 0 Å². The Kier molecular flexibility index (Phi) is 6.42. The standard InChI is InChI=1S/C18H20N2O7/c1-5-27-17-10-14(20(22)23)12(9-16(17)26-4)18(21)19-13-8-11(24-2)6-7-15(13)25-3/h6-10H,5H2,1-4H3,(H,19,21). The number of carbonyl (C=O) groups is 1. The van der Waals surface area contributed by atoms with E-state index < -0.39 is 16.5 Å². The molecular formula is C18H20N2O7. The van der Waals surface area contributed by atoms with Crippen LogP contribution in [0.25, 0.3) is 0 Å². The summed E-state index contributed by atoms with van der Waals surface area (Å²) in [6, 6.07) is 7.26. The Morgan fingerprint density at radius 3 is 2.30 bits per heavy atom. The Labute approximate surface area is 155 Å². The van der Waals surface area contributed by atoms with Crippen LogP contribution in [0.3, 0.4) is 0 Å². The van der Waals surface area contributed by atoms with Crippen molar-refractivity contribution in [1.82, 2.24) is 0 Å². The van der Waals surface area contributed by atoms with Crippen LogP contribution in [0.4, 0.5) is 11.4 Å². The fourth-order valence-electron chi connectivity index (χ4n) is 2.41.